The number of hydrogen-bond acceptors (Lipinski definition) is 1. The molecule has 0 aliphatic heterocycles. The van der Waals surface area contributed by atoms with Gasteiger partial charge < -0.3 is 0 Å². The van der Waals surface area contributed by atoms with Gasteiger partial charge in [-0.25, -0.2) is 4.39 Å². The number of carbonyl (C=O) groups excluding carboxylic acids is 1. The zero-order valence-corrected chi connectivity index (χ0v) is 8.38. The van der Waals surface area contributed by atoms with Crippen molar-refractivity contribution in [2.75, 3.05) is 0 Å². The minimum absolute atomic E-state index is 0.176. The number of ketones is 1. The highest BCUT2D eigenvalue weighted by molar-refractivity contribution is 6.00. The lowest BCUT2D eigenvalue weighted by atomic mass is 10.0. The Morgan fingerprint density at radius 3 is 2.64 bits per heavy atom. The summed E-state index contributed by atoms with van der Waals surface area (Å²) in [6, 6.07) is 4.37. The first-order chi connectivity index (χ1) is 6.59. The van der Waals surface area contributed by atoms with Crippen molar-refractivity contribution in [3.63, 3.8) is 0 Å². The van der Waals surface area contributed by atoms with Gasteiger partial charge in [0, 0.05) is 11.5 Å². The van der Waals surface area contributed by atoms with Crippen molar-refractivity contribution in [1.29, 1.82) is 0 Å². The standard InChI is InChI=1S/C12H13FO/c1-7-5-9(13)3-4-10(7)12(14)11-6-8(11)2/h3-5,8,11H,6H2,1-2H3. The van der Waals surface area contributed by atoms with Crippen LogP contribution in [0.4, 0.5) is 4.39 Å². The molecular formula is C12H13FO. The molecule has 0 heterocycles. The molecule has 1 saturated carbocycles. The molecule has 14 heavy (non-hydrogen) atoms. The summed E-state index contributed by atoms with van der Waals surface area (Å²) in [5, 5.41) is 0. The number of aryl methyl sites for hydroxylation is 1. The Morgan fingerprint density at radius 1 is 1.50 bits per heavy atom. The van der Waals surface area contributed by atoms with Gasteiger partial charge in [0.15, 0.2) is 5.78 Å². The maximum Gasteiger partial charge on any atom is 0.166 e. The zero-order valence-electron chi connectivity index (χ0n) is 8.38. The van der Waals surface area contributed by atoms with E-state index in [2.05, 4.69) is 6.92 Å². The number of benzene rings is 1. The van der Waals surface area contributed by atoms with Crippen LogP contribution < -0.4 is 0 Å². The molecule has 0 saturated heterocycles. The van der Waals surface area contributed by atoms with Crippen molar-refractivity contribution in [1.82, 2.24) is 0 Å². The lowest BCUT2D eigenvalue weighted by Gasteiger charge is -2.03. The second kappa shape index (κ2) is 3.19. The normalized spacial score (nSPS) is 24.8. The molecule has 1 nitrogen and oxygen atoms in total. The van der Waals surface area contributed by atoms with Gasteiger partial charge in [0.25, 0.3) is 0 Å². The third kappa shape index (κ3) is 1.57. The molecule has 0 spiro atoms. The fourth-order valence-electron chi connectivity index (χ4n) is 1.79. The van der Waals surface area contributed by atoms with Crippen molar-refractivity contribution in [3.8, 4) is 0 Å². The molecule has 2 atom stereocenters. The van der Waals surface area contributed by atoms with Crippen molar-refractivity contribution in [2.24, 2.45) is 11.8 Å². The summed E-state index contributed by atoms with van der Waals surface area (Å²) in [4.78, 5) is 11.8. The van der Waals surface area contributed by atoms with E-state index in [9.17, 15) is 9.18 Å². The summed E-state index contributed by atoms with van der Waals surface area (Å²) >= 11 is 0. The molecule has 1 aromatic rings. The lowest BCUT2D eigenvalue weighted by Crippen LogP contribution is -2.05. The van der Waals surface area contributed by atoms with Crippen LogP contribution in [0.5, 0.6) is 0 Å². The summed E-state index contributed by atoms with van der Waals surface area (Å²) < 4.78 is 12.8. The van der Waals surface area contributed by atoms with E-state index in [0.29, 0.717) is 11.5 Å². The smallest absolute Gasteiger partial charge is 0.166 e. The maximum absolute atomic E-state index is 12.8. The second-order valence-electron chi connectivity index (χ2n) is 4.14. The number of carbonyl (C=O) groups is 1. The summed E-state index contributed by atoms with van der Waals surface area (Å²) in [7, 11) is 0. The SMILES string of the molecule is Cc1cc(F)ccc1C(=O)C1CC1C. The molecule has 1 aliphatic rings. The second-order valence-corrected chi connectivity index (χ2v) is 4.14. The first kappa shape index (κ1) is 9.38. The number of halogens is 1. The Labute approximate surface area is 82.9 Å². The topological polar surface area (TPSA) is 17.1 Å². The molecular weight excluding hydrogens is 179 g/mol. The van der Waals surface area contributed by atoms with Crippen LogP contribution in [0, 0.1) is 24.6 Å². The Bertz CT molecular complexity index is 384. The van der Waals surface area contributed by atoms with Gasteiger partial charge in [-0.15, -0.1) is 0 Å². The van der Waals surface area contributed by atoms with Gasteiger partial charge in [-0.3, -0.25) is 4.79 Å². The monoisotopic (exact) mass is 192 g/mol. The van der Waals surface area contributed by atoms with Crippen LogP contribution in [0.25, 0.3) is 0 Å². The third-order valence-corrected chi connectivity index (χ3v) is 2.90. The van der Waals surface area contributed by atoms with Gasteiger partial charge in [0.1, 0.15) is 5.82 Å². The summed E-state index contributed by atoms with van der Waals surface area (Å²) in [5.41, 5.74) is 1.43. The molecule has 0 bridgehead atoms. The summed E-state index contributed by atoms with van der Waals surface area (Å²) in [5.74, 6) is 0.587. The van der Waals surface area contributed by atoms with Crippen molar-refractivity contribution < 1.29 is 9.18 Å². The van der Waals surface area contributed by atoms with Crippen LogP contribution in [-0.2, 0) is 0 Å². The molecule has 0 radical (unpaired) electrons. The van der Waals surface area contributed by atoms with E-state index in [-0.39, 0.29) is 17.5 Å². The van der Waals surface area contributed by atoms with E-state index in [1.807, 2.05) is 0 Å². The molecule has 0 amide bonds. The number of rotatable bonds is 2. The van der Waals surface area contributed by atoms with Crippen LogP contribution in [0.15, 0.2) is 18.2 Å². The molecule has 2 rings (SSSR count). The average molecular weight is 192 g/mol. The average Bonchev–Trinajstić information content (AvgIpc) is 2.81. The van der Waals surface area contributed by atoms with Gasteiger partial charge in [-0.05, 0) is 43.0 Å². The Morgan fingerprint density at radius 2 is 2.14 bits per heavy atom. The minimum atomic E-state index is -0.275. The van der Waals surface area contributed by atoms with Gasteiger partial charge in [0.05, 0.1) is 0 Å². The molecule has 0 aromatic heterocycles. The van der Waals surface area contributed by atoms with Gasteiger partial charge in [0.2, 0.25) is 0 Å². The van der Waals surface area contributed by atoms with E-state index in [0.717, 1.165) is 12.0 Å². The largest absolute Gasteiger partial charge is 0.294 e. The highest BCUT2D eigenvalue weighted by atomic mass is 19.1. The highest BCUT2D eigenvalue weighted by Crippen LogP contribution is 2.40. The van der Waals surface area contributed by atoms with Crippen LogP contribution in [-0.4, -0.2) is 5.78 Å². The lowest BCUT2D eigenvalue weighted by molar-refractivity contribution is 0.0961. The van der Waals surface area contributed by atoms with E-state index in [4.69, 9.17) is 0 Å². The van der Waals surface area contributed by atoms with E-state index < -0.39 is 0 Å². The minimum Gasteiger partial charge on any atom is -0.294 e. The third-order valence-electron chi connectivity index (χ3n) is 2.90. The summed E-state index contributed by atoms with van der Waals surface area (Å²) in [6.07, 6.45) is 0.982. The number of hydrogen-bond donors (Lipinski definition) is 0. The van der Waals surface area contributed by atoms with Crippen molar-refractivity contribution >= 4 is 5.78 Å². The van der Waals surface area contributed by atoms with E-state index in [1.54, 1.807) is 13.0 Å². The van der Waals surface area contributed by atoms with E-state index >= 15 is 0 Å². The molecule has 74 valence electrons. The Hall–Kier alpha value is -1.18. The van der Waals surface area contributed by atoms with Crippen molar-refractivity contribution in [2.45, 2.75) is 20.3 Å². The Balaban J connectivity index is 2.28. The van der Waals surface area contributed by atoms with Gasteiger partial charge in [-0.2, -0.15) is 0 Å². The molecule has 2 heteroatoms. The molecule has 1 aromatic carbocycles. The van der Waals surface area contributed by atoms with E-state index in [1.165, 1.54) is 12.1 Å². The van der Waals surface area contributed by atoms with Crippen LogP contribution >= 0.6 is 0 Å². The fourth-order valence-corrected chi connectivity index (χ4v) is 1.79. The van der Waals surface area contributed by atoms with Crippen molar-refractivity contribution in [3.05, 3.63) is 35.1 Å². The van der Waals surface area contributed by atoms with Gasteiger partial charge >= 0.3 is 0 Å². The molecule has 1 aliphatic carbocycles. The van der Waals surface area contributed by atoms with Crippen LogP contribution in [0.3, 0.4) is 0 Å². The maximum atomic E-state index is 12.8. The predicted molar refractivity (Wildman–Crippen MR) is 52.7 cm³/mol. The van der Waals surface area contributed by atoms with Crippen LogP contribution in [0.2, 0.25) is 0 Å². The Kier molecular flexibility index (Phi) is 2.14. The van der Waals surface area contributed by atoms with Gasteiger partial charge in [-0.1, -0.05) is 6.92 Å². The first-order valence-corrected chi connectivity index (χ1v) is 4.90. The van der Waals surface area contributed by atoms with Crippen LogP contribution in [0.1, 0.15) is 29.3 Å². The summed E-state index contributed by atoms with van der Waals surface area (Å²) in [6.45, 7) is 3.85. The zero-order chi connectivity index (χ0) is 10.3. The predicted octanol–water partition coefficient (Wildman–Crippen LogP) is 2.97. The molecule has 1 fully saturated rings. The quantitative estimate of drug-likeness (QED) is 0.658. The highest BCUT2D eigenvalue weighted by Gasteiger charge is 2.39. The first-order valence-electron chi connectivity index (χ1n) is 4.90. The fraction of sp³-hybridized carbons (Fsp3) is 0.417. The molecule has 0 N–H and O–H groups in total. The number of Topliss-reactive ketones (excluding diaryl/α,β-unsaturated/α-hetero) is 1. The molecule has 2 unspecified atom stereocenters.